The third-order valence-corrected chi connectivity index (χ3v) is 4.58. The van der Waals surface area contributed by atoms with Crippen molar-refractivity contribution in [2.75, 3.05) is 17.7 Å². The van der Waals surface area contributed by atoms with Crippen molar-refractivity contribution in [3.63, 3.8) is 0 Å². The van der Waals surface area contributed by atoms with Gasteiger partial charge in [0.15, 0.2) is 11.5 Å². The number of halogens is 1. The van der Waals surface area contributed by atoms with Crippen molar-refractivity contribution >= 4 is 39.9 Å². The van der Waals surface area contributed by atoms with E-state index in [1.807, 2.05) is 0 Å². The predicted molar refractivity (Wildman–Crippen MR) is 115 cm³/mol. The van der Waals surface area contributed by atoms with E-state index in [0.717, 1.165) is 0 Å². The van der Waals surface area contributed by atoms with Crippen molar-refractivity contribution in [2.45, 2.75) is 0 Å². The maximum atomic E-state index is 12.2. The van der Waals surface area contributed by atoms with Crippen LogP contribution in [0.15, 0.2) is 49.1 Å². The predicted octanol–water partition coefficient (Wildman–Crippen LogP) is 4.17. The molecule has 0 aliphatic heterocycles. The number of rotatable bonds is 5. The van der Waals surface area contributed by atoms with Gasteiger partial charge in [-0.25, -0.2) is 14.8 Å². The molecule has 0 bridgehead atoms. The van der Waals surface area contributed by atoms with Crippen LogP contribution in [0.5, 0.6) is 23.1 Å². The van der Waals surface area contributed by atoms with Crippen LogP contribution in [0.1, 0.15) is 0 Å². The molecule has 3 N–H and O–H groups in total. The van der Waals surface area contributed by atoms with Crippen LogP contribution in [0.25, 0.3) is 10.9 Å². The van der Waals surface area contributed by atoms with E-state index in [9.17, 15) is 9.90 Å². The molecule has 0 aliphatic rings. The first kappa shape index (κ1) is 20.2. The Kier molecular flexibility index (Phi) is 5.46. The number of aryl methyl sites for hydroxylation is 1. The summed E-state index contributed by atoms with van der Waals surface area (Å²) >= 11 is 6.31. The molecule has 158 valence electrons. The lowest BCUT2D eigenvalue weighted by atomic mass is 10.2. The fourth-order valence-electron chi connectivity index (χ4n) is 2.84. The number of amides is 2. The number of carbonyl (C=O) groups is 1. The highest BCUT2D eigenvalue weighted by molar-refractivity contribution is 6.34. The second kappa shape index (κ2) is 8.36. The quantitative estimate of drug-likeness (QED) is 0.425. The normalized spacial score (nSPS) is 10.7. The molecule has 0 spiro atoms. The fraction of sp³-hybridized carbons (Fsp3) is 0.100. The van der Waals surface area contributed by atoms with E-state index in [4.69, 9.17) is 21.1 Å². The Morgan fingerprint density at radius 2 is 2.03 bits per heavy atom. The number of methoxy groups -OCH3 is 1. The Morgan fingerprint density at radius 1 is 1.19 bits per heavy atom. The van der Waals surface area contributed by atoms with Gasteiger partial charge < -0.3 is 25.2 Å². The molecule has 10 nitrogen and oxygen atoms in total. The topological polar surface area (TPSA) is 123 Å². The number of fused-ring (bicyclic) bond motifs is 1. The van der Waals surface area contributed by atoms with Crippen molar-refractivity contribution in [1.82, 2.24) is 19.7 Å². The number of phenols is 1. The Hall–Kier alpha value is -4.05. The standard InChI is InChI=1S/C20H17ClN6O4/c1-27-9-11(8-24-27)25-20(29)26-15-4-3-12(5-14(15)21)31-19-13-6-18(30-2)17(28)7-16(13)22-10-23-19/h3-10,28H,1-2H3,(H2,25,26,29). The summed E-state index contributed by atoms with van der Waals surface area (Å²) in [5.74, 6) is 0.886. The van der Waals surface area contributed by atoms with E-state index >= 15 is 0 Å². The number of anilines is 2. The van der Waals surface area contributed by atoms with Gasteiger partial charge in [0, 0.05) is 25.4 Å². The molecule has 2 amide bonds. The average Bonchev–Trinajstić information content (AvgIpc) is 3.14. The molecule has 2 aromatic heterocycles. The fourth-order valence-corrected chi connectivity index (χ4v) is 3.05. The number of hydrogen-bond acceptors (Lipinski definition) is 7. The van der Waals surface area contributed by atoms with Crippen LogP contribution in [0.3, 0.4) is 0 Å². The second-order valence-electron chi connectivity index (χ2n) is 6.45. The van der Waals surface area contributed by atoms with Crippen molar-refractivity contribution in [2.24, 2.45) is 7.05 Å². The van der Waals surface area contributed by atoms with Gasteiger partial charge in [-0.15, -0.1) is 0 Å². The summed E-state index contributed by atoms with van der Waals surface area (Å²) in [6.45, 7) is 0. The van der Waals surface area contributed by atoms with Gasteiger partial charge in [0.05, 0.1) is 40.6 Å². The van der Waals surface area contributed by atoms with E-state index in [1.165, 1.54) is 25.7 Å². The number of aromatic nitrogens is 4. The molecule has 0 fully saturated rings. The van der Waals surface area contributed by atoms with Gasteiger partial charge in [-0.05, 0) is 18.2 Å². The van der Waals surface area contributed by atoms with Crippen LogP contribution >= 0.6 is 11.6 Å². The van der Waals surface area contributed by atoms with Crippen LogP contribution in [0.4, 0.5) is 16.2 Å². The zero-order valence-corrected chi connectivity index (χ0v) is 17.2. The first-order valence-electron chi connectivity index (χ1n) is 8.98. The minimum absolute atomic E-state index is 0.0392. The molecular weight excluding hydrogens is 424 g/mol. The summed E-state index contributed by atoms with van der Waals surface area (Å²) in [4.78, 5) is 20.4. The third kappa shape index (κ3) is 4.43. The molecule has 2 aromatic carbocycles. The van der Waals surface area contributed by atoms with Gasteiger partial charge in [-0.1, -0.05) is 11.6 Å². The molecule has 0 radical (unpaired) electrons. The molecule has 0 unspecified atom stereocenters. The van der Waals surface area contributed by atoms with Crippen molar-refractivity contribution in [3.8, 4) is 23.1 Å². The molecule has 11 heteroatoms. The lowest BCUT2D eigenvalue weighted by Crippen LogP contribution is -2.19. The minimum atomic E-state index is -0.461. The molecule has 0 aliphatic carbocycles. The number of nitrogens with one attached hydrogen (secondary N) is 2. The van der Waals surface area contributed by atoms with Crippen molar-refractivity contribution in [3.05, 3.63) is 54.1 Å². The van der Waals surface area contributed by atoms with Crippen LogP contribution < -0.4 is 20.1 Å². The van der Waals surface area contributed by atoms with Crippen molar-refractivity contribution in [1.29, 1.82) is 0 Å². The highest BCUT2D eigenvalue weighted by Gasteiger charge is 2.13. The summed E-state index contributed by atoms with van der Waals surface area (Å²) in [5, 5.41) is 20.1. The largest absolute Gasteiger partial charge is 0.504 e. The summed E-state index contributed by atoms with van der Waals surface area (Å²) in [5.41, 5.74) is 1.43. The first-order valence-corrected chi connectivity index (χ1v) is 9.36. The van der Waals surface area contributed by atoms with E-state index < -0.39 is 6.03 Å². The lowest BCUT2D eigenvalue weighted by Gasteiger charge is -2.12. The molecule has 0 atom stereocenters. The Labute approximate surface area is 181 Å². The maximum Gasteiger partial charge on any atom is 0.323 e. The van der Waals surface area contributed by atoms with Gasteiger partial charge >= 0.3 is 6.03 Å². The lowest BCUT2D eigenvalue weighted by molar-refractivity contribution is 0.262. The van der Waals surface area contributed by atoms with E-state index in [-0.39, 0.29) is 22.4 Å². The monoisotopic (exact) mass is 440 g/mol. The van der Waals surface area contributed by atoms with Crippen molar-refractivity contribution < 1.29 is 19.4 Å². The number of carbonyl (C=O) groups excluding carboxylic acids is 1. The van der Waals surface area contributed by atoms with E-state index in [2.05, 4.69) is 25.7 Å². The van der Waals surface area contributed by atoms with Gasteiger partial charge in [0.1, 0.15) is 12.1 Å². The number of nitrogens with zero attached hydrogens (tertiary/aromatic N) is 4. The highest BCUT2D eigenvalue weighted by atomic mass is 35.5. The van der Waals surface area contributed by atoms with Crippen LogP contribution in [-0.2, 0) is 7.05 Å². The van der Waals surface area contributed by atoms with Gasteiger partial charge in [-0.3, -0.25) is 4.68 Å². The number of benzene rings is 2. The molecule has 4 rings (SSSR count). The summed E-state index contributed by atoms with van der Waals surface area (Å²) in [7, 11) is 3.19. The average molecular weight is 441 g/mol. The Bertz CT molecular complexity index is 1280. The minimum Gasteiger partial charge on any atom is -0.504 e. The van der Waals surface area contributed by atoms with Gasteiger partial charge in [0.25, 0.3) is 0 Å². The number of ether oxygens (including phenoxy) is 2. The molecule has 4 aromatic rings. The second-order valence-corrected chi connectivity index (χ2v) is 6.85. The zero-order valence-electron chi connectivity index (χ0n) is 16.5. The van der Waals surface area contributed by atoms with E-state index in [0.29, 0.717) is 28.0 Å². The number of urea groups is 1. The molecule has 31 heavy (non-hydrogen) atoms. The Balaban J connectivity index is 1.53. The molecule has 0 saturated carbocycles. The summed E-state index contributed by atoms with van der Waals surface area (Å²) < 4.78 is 12.6. The molecular formula is C20H17ClN6O4. The summed E-state index contributed by atoms with van der Waals surface area (Å²) in [6, 6.07) is 7.38. The number of phenolic OH excluding ortho intramolecular Hbond substituents is 1. The first-order chi connectivity index (χ1) is 14.9. The van der Waals surface area contributed by atoms with Crippen LogP contribution in [-0.4, -0.2) is 38.0 Å². The smallest absolute Gasteiger partial charge is 0.323 e. The number of aromatic hydroxyl groups is 1. The van der Waals surface area contributed by atoms with E-state index in [1.54, 1.807) is 42.2 Å². The van der Waals surface area contributed by atoms with Gasteiger partial charge in [-0.2, -0.15) is 5.10 Å². The van der Waals surface area contributed by atoms with Crippen LogP contribution in [0, 0.1) is 0 Å². The van der Waals surface area contributed by atoms with Gasteiger partial charge in [0.2, 0.25) is 5.88 Å². The number of hydrogen-bond donors (Lipinski definition) is 3. The van der Waals surface area contributed by atoms with Crippen LogP contribution in [0.2, 0.25) is 5.02 Å². The third-order valence-electron chi connectivity index (χ3n) is 4.27. The Morgan fingerprint density at radius 3 is 2.74 bits per heavy atom. The molecule has 0 saturated heterocycles. The molecule has 2 heterocycles. The summed E-state index contributed by atoms with van der Waals surface area (Å²) in [6.07, 6.45) is 4.52. The zero-order chi connectivity index (χ0) is 22.0. The maximum absolute atomic E-state index is 12.2. The SMILES string of the molecule is COc1cc2c(Oc3ccc(NC(=O)Nc4cnn(C)c4)c(Cl)c3)ncnc2cc1O. The highest BCUT2D eigenvalue weighted by Crippen LogP contribution is 2.36.